The first-order chi connectivity index (χ1) is 8.97. The van der Waals surface area contributed by atoms with Crippen LogP contribution in [-0.2, 0) is 0 Å². The summed E-state index contributed by atoms with van der Waals surface area (Å²) in [6, 6.07) is 5.98. The maximum Gasteiger partial charge on any atom is 0.270 e. The number of non-ortho nitro benzene ring substituents is 1. The minimum Gasteiger partial charge on any atom is -0.348 e. The Hall–Kier alpha value is -2.42. The number of hydrogen-bond acceptors (Lipinski definition) is 4. The molecule has 0 heterocycles. The van der Waals surface area contributed by atoms with Gasteiger partial charge in [0.2, 0.25) is 0 Å². The third-order valence-electron chi connectivity index (χ3n) is 2.70. The van der Waals surface area contributed by atoms with Gasteiger partial charge in [-0.2, -0.15) is 5.26 Å². The fraction of sp³-hybridized carbons (Fsp3) is 0.385. The number of carbonyl (C=O) groups excluding carboxylic acids is 1. The van der Waals surface area contributed by atoms with Crippen LogP contribution in [0.5, 0.6) is 0 Å². The molecule has 0 aliphatic carbocycles. The third-order valence-corrected chi connectivity index (χ3v) is 2.70. The fourth-order valence-corrected chi connectivity index (χ4v) is 1.68. The van der Waals surface area contributed by atoms with Crippen LogP contribution in [0.1, 0.15) is 35.7 Å². The molecule has 1 unspecified atom stereocenters. The Morgan fingerprint density at radius 2 is 2.21 bits per heavy atom. The quantitative estimate of drug-likeness (QED) is 0.649. The molecular weight excluding hydrogens is 246 g/mol. The second-order valence-electron chi connectivity index (χ2n) is 4.26. The Bertz CT molecular complexity index is 534. The molecule has 0 saturated heterocycles. The molecule has 0 fully saturated rings. The van der Waals surface area contributed by atoms with Crippen LogP contribution >= 0.6 is 0 Å². The Morgan fingerprint density at radius 1 is 1.53 bits per heavy atom. The van der Waals surface area contributed by atoms with Crippen LogP contribution in [-0.4, -0.2) is 16.9 Å². The molecule has 0 aromatic heterocycles. The Labute approximate surface area is 111 Å². The van der Waals surface area contributed by atoms with Crippen molar-refractivity contribution in [1.29, 1.82) is 5.26 Å². The van der Waals surface area contributed by atoms with E-state index < -0.39 is 10.8 Å². The minimum absolute atomic E-state index is 0.113. The zero-order valence-electron chi connectivity index (χ0n) is 10.8. The van der Waals surface area contributed by atoms with E-state index in [1.165, 1.54) is 12.1 Å². The highest BCUT2D eigenvalue weighted by Gasteiger charge is 2.16. The van der Waals surface area contributed by atoms with Gasteiger partial charge < -0.3 is 5.32 Å². The van der Waals surface area contributed by atoms with E-state index in [4.69, 9.17) is 5.26 Å². The topological polar surface area (TPSA) is 96.0 Å². The number of nitrogens with zero attached hydrogens (tertiary/aromatic N) is 2. The van der Waals surface area contributed by atoms with E-state index in [0.717, 1.165) is 0 Å². The maximum atomic E-state index is 12.0. The molecule has 1 N–H and O–H groups in total. The van der Waals surface area contributed by atoms with Gasteiger partial charge in [0, 0.05) is 23.7 Å². The second kappa shape index (κ2) is 6.50. The average molecular weight is 261 g/mol. The summed E-state index contributed by atoms with van der Waals surface area (Å²) in [7, 11) is 0. The highest BCUT2D eigenvalue weighted by atomic mass is 16.6. The number of nitro groups is 1. The first-order valence-corrected chi connectivity index (χ1v) is 5.91. The van der Waals surface area contributed by atoms with E-state index in [0.29, 0.717) is 12.0 Å². The van der Waals surface area contributed by atoms with Crippen molar-refractivity contribution in [3.63, 3.8) is 0 Å². The van der Waals surface area contributed by atoms with Crippen LogP contribution in [0, 0.1) is 28.4 Å². The van der Waals surface area contributed by atoms with Gasteiger partial charge in [0.05, 0.1) is 17.4 Å². The highest BCUT2D eigenvalue weighted by molar-refractivity contribution is 5.95. The van der Waals surface area contributed by atoms with Gasteiger partial charge in [0.15, 0.2) is 0 Å². The Kier molecular flexibility index (Phi) is 5.01. The van der Waals surface area contributed by atoms with Crippen molar-refractivity contribution in [2.24, 2.45) is 0 Å². The van der Waals surface area contributed by atoms with Crippen molar-refractivity contribution < 1.29 is 9.72 Å². The SMILES string of the molecule is CCC(CC#N)NC(=O)c1cc(C)cc([N+](=O)[O-])c1. The predicted octanol–water partition coefficient (Wildman–Crippen LogP) is 2.33. The van der Waals surface area contributed by atoms with E-state index in [1.54, 1.807) is 13.0 Å². The lowest BCUT2D eigenvalue weighted by atomic mass is 10.1. The number of benzene rings is 1. The molecule has 1 aromatic rings. The van der Waals surface area contributed by atoms with Crippen LogP contribution < -0.4 is 5.32 Å². The molecule has 1 aromatic carbocycles. The molecule has 0 radical (unpaired) electrons. The fourth-order valence-electron chi connectivity index (χ4n) is 1.68. The molecule has 0 saturated carbocycles. The summed E-state index contributed by atoms with van der Waals surface area (Å²) >= 11 is 0. The van der Waals surface area contributed by atoms with Gasteiger partial charge in [0.25, 0.3) is 11.6 Å². The molecule has 0 aliphatic heterocycles. The molecule has 100 valence electrons. The molecule has 0 aliphatic rings. The standard InChI is InChI=1S/C13H15N3O3/c1-3-11(4-5-14)15-13(17)10-6-9(2)7-12(8-10)16(18)19/h6-8,11H,3-4H2,1-2H3,(H,15,17). The van der Waals surface area contributed by atoms with Crippen molar-refractivity contribution in [2.45, 2.75) is 32.7 Å². The van der Waals surface area contributed by atoms with Crippen molar-refractivity contribution in [3.8, 4) is 6.07 Å². The average Bonchev–Trinajstić information content (AvgIpc) is 2.37. The maximum absolute atomic E-state index is 12.0. The van der Waals surface area contributed by atoms with E-state index >= 15 is 0 Å². The number of hydrogen-bond donors (Lipinski definition) is 1. The summed E-state index contributed by atoms with van der Waals surface area (Å²) in [4.78, 5) is 22.2. The molecule has 1 rings (SSSR count). The van der Waals surface area contributed by atoms with Gasteiger partial charge in [-0.25, -0.2) is 0 Å². The monoisotopic (exact) mass is 261 g/mol. The van der Waals surface area contributed by atoms with E-state index in [-0.39, 0.29) is 23.7 Å². The lowest BCUT2D eigenvalue weighted by Gasteiger charge is -2.13. The van der Waals surface area contributed by atoms with Gasteiger partial charge in [0.1, 0.15) is 0 Å². The second-order valence-corrected chi connectivity index (χ2v) is 4.26. The zero-order valence-corrected chi connectivity index (χ0v) is 10.8. The molecule has 0 spiro atoms. The number of carbonyl (C=O) groups is 1. The van der Waals surface area contributed by atoms with Crippen LogP contribution in [0.4, 0.5) is 5.69 Å². The summed E-state index contributed by atoms with van der Waals surface area (Å²) in [5.74, 6) is -0.395. The predicted molar refractivity (Wildman–Crippen MR) is 69.6 cm³/mol. The number of aryl methyl sites for hydroxylation is 1. The zero-order chi connectivity index (χ0) is 14.4. The van der Waals surface area contributed by atoms with Crippen LogP contribution in [0.15, 0.2) is 18.2 Å². The minimum atomic E-state index is -0.531. The molecule has 0 bridgehead atoms. The van der Waals surface area contributed by atoms with Gasteiger partial charge in [-0.1, -0.05) is 6.92 Å². The van der Waals surface area contributed by atoms with Gasteiger partial charge in [-0.15, -0.1) is 0 Å². The first-order valence-electron chi connectivity index (χ1n) is 5.91. The largest absolute Gasteiger partial charge is 0.348 e. The molecule has 1 atom stereocenters. The lowest BCUT2D eigenvalue weighted by Crippen LogP contribution is -2.34. The number of nitriles is 1. The summed E-state index contributed by atoms with van der Waals surface area (Å²) < 4.78 is 0. The smallest absolute Gasteiger partial charge is 0.270 e. The molecule has 6 nitrogen and oxygen atoms in total. The Balaban J connectivity index is 2.93. The van der Waals surface area contributed by atoms with Gasteiger partial charge in [-0.3, -0.25) is 14.9 Å². The molecular formula is C13H15N3O3. The number of nitrogens with one attached hydrogen (secondary N) is 1. The molecule has 1 amide bonds. The van der Waals surface area contributed by atoms with Crippen molar-refractivity contribution >= 4 is 11.6 Å². The van der Waals surface area contributed by atoms with Crippen molar-refractivity contribution in [3.05, 3.63) is 39.4 Å². The number of amides is 1. The van der Waals surface area contributed by atoms with Crippen molar-refractivity contribution in [2.75, 3.05) is 0 Å². The summed E-state index contributed by atoms with van der Waals surface area (Å²) in [6.07, 6.45) is 0.851. The number of nitro benzene ring substituents is 1. The normalized spacial score (nSPS) is 11.4. The summed E-state index contributed by atoms with van der Waals surface area (Å²) in [5, 5.41) is 22.1. The van der Waals surface area contributed by atoms with Gasteiger partial charge >= 0.3 is 0 Å². The summed E-state index contributed by atoms with van der Waals surface area (Å²) in [6.45, 7) is 3.55. The number of rotatable bonds is 5. The molecule has 6 heteroatoms. The van der Waals surface area contributed by atoms with E-state index in [2.05, 4.69) is 5.32 Å². The van der Waals surface area contributed by atoms with Gasteiger partial charge in [-0.05, 0) is 25.0 Å². The van der Waals surface area contributed by atoms with E-state index in [1.807, 2.05) is 13.0 Å². The van der Waals surface area contributed by atoms with Crippen LogP contribution in [0.2, 0.25) is 0 Å². The lowest BCUT2D eigenvalue weighted by molar-refractivity contribution is -0.384. The third kappa shape index (κ3) is 4.07. The first kappa shape index (κ1) is 14.6. The molecule has 19 heavy (non-hydrogen) atoms. The van der Waals surface area contributed by atoms with E-state index in [9.17, 15) is 14.9 Å². The highest BCUT2D eigenvalue weighted by Crippen LogP contribution is 2.17. The van der Waals surface area contributed by atoms with Crippen LogP contribution in [0.3, 0.4) is 0 Å². The van der Waals surface area contributed by atoms with Crippen molar-refractivity contribution in [1.82, 2.24) is 5.32 Å². The van der Waals surface area contributed by atoms with Crippen LogP contribution in [0.25, 0.3) is 0 Å². The summed E-state index contributed by atoms with van der Waals surface area (Å²) in [5.41, 5.74) is 0.772. The Morgan fingerprint density at radius 3 is 2.74 bits per heavy atom.